The van der Waals surface area contributed by atoms with Crippen LogP contribution in [0.5, 0.6) is 0 Å². The number of benzene rings is 1. The van der Waals surface area contributed by atoms with Crippen molar-refractivity contribution in [2.24, 2.45) is 0 Å². The molecule has 2 N–H and O–H groups in total. The highest BCUT2D eigenvalue weighted by Gasteiger charge is 2.25. The minimum Gasteiger partial charge on any atom is -0.392 e. The molecule has 1 aromatic carbocycles. The lowest BCUT2D eigenvalue weighted by Crippen LogP contribution is -2.34. The van der Waals surface area contributed by atoms with Crippen LogP contribution in [0.25, 0.3) is 0 Å². The Balaban J connectivity index is 1.98. The van der Waals surface area contributed by atoms with E-state index in [-0.39, 0.29) is 11.5 Å². The lowest BCUT2D eigenvalue weighted by molar-refractivity contribution is 0.280. The molecule has 0 atom stereocenters. The number of sulfonamides is 1. The summed E-state index contributed by atoms with van der Waals surface area (Å²) in [6.07, 6.45) is 2.42. The number of hydrogen-bond acceptors (Lipinski definition) is 4. The Bertz CT molecular complexity index is 568. The zero-order chi connectivity index (χ0) is 14.8. The van der Waals surface area contributed by atoms with Gasteiger partial charge in [0.25, 0.3) is 0 Å². The molecule has 1 fully saturated rings. The SMILES string of the molecule is Cc1ccc(S(=O)(=O)NCCN(C)C2CC2)cc1CO. The van der Waals surface area contributed by atoms with Crippen molar-refractivity contribution in [3.63, 3.8) is 0 Å². The van der Waals surface area contributed by atoms with Gasteiger partial charge in [-0.1, -0.05) is 6.07 Å². The first-order chi connectivity index (χ1) is 9.44. The maximum Gasteiger partial charge on any atom is 0.240 e. The van der Waals surface area contributed by atoms with Gasteiger partial charge in [0.1, 0.15) is 0 Å². The molecule has 0 saturated heterocycles. The van der Waals surface area contributed by atoms with Crippen molar-refractivity contribution in [2.45, 2.75) is 37.3 Å². The van der Waals surface area contributed by atoms with E-state index in [4.69, 9.17) is 0 Å². The lowest BCUT2D eigenvalue weighted by atomic mass is 10.1. The van der Waals surface area contributed by atoms with Crippen molar-refractivity contribution in [3.8, 4) is 0 Å². The van der Waals surface area contributed by atoms with Gasteiger partial charge in [0.2, 0.25) is 10.0 Å². The fraction of sp³-hybridized carbons (Fsp3) is 0.571. The first kappa shape index (κ1) is 15.4. The number of aryl methyl sites for hydroxylation is 1. The normalized spacial score (nSPS) is 15.8. The summed E-state index contributed by atoms with van der Waals surface area (Å²) in [6.45, 7) is 2.81. The second-order valence-corrected chi connectivity index (χ2v) is 7.12. The van der Waals surface area contributed by atoms with E-state index in [0.29, 0.717) is 24.7 Å². The summed E-state index contributed by atoms with van der Waals surface area (Å²) in [4.78, 5) is 2.39. The Morgan fingerprint density at radius 3 is 2.70 bits per heavy atom. The second kappa shape index (κ2) is 6.22. The van der Waals surface area contributed by atoms with Crippen LogP contribution in [0, 0.1) is 6.92 Å². The maximum absolute atomic E-state index is 12.2. The highest BCUT2D eigenvalue weighted by atomic mass is 32.2. The Kier molecular flexibility index (Phi) is 4.80. The number of aliphatic hydroxyl groups is 1. The summed E-state index contributed by atoms with van der Waals surface area (Å²) >= 11 is 0. The highest BCUT2D eigenvalue weighted by Crippen LogP contribution is 2.24. The standard InChI is InChI=1S/C14H22N2O3S/c1-11-3-6-14(9-12(11)10-17)20(18,19)15-7-8-16(2)13-4-5-13/h3,6,9,13,15,17H,4-5,7-8,10H2,1-2H3. The Hall–Kier alpha value is -0.950. The van der Waals surface area contributed by atoms with Crippen LogP contribution in [0.1, 0.15) is 24.0 Å². The monoisotopic (exact) mass is 298 g/mol. The minimum absolute atomic E-state index is 0.153. The molecule has 1 aromatic rings. The molecule has 6 heteroatoms. The number of aliphatic hydroxyl groups excluding tert-OH is 1. The van der Waals surface area contributed by atoms with E-state index in [1.165, 1.54) is 18.9 Å². The largest absolute Gasteiger partial charge is 0.392 e. The van der Waals surface area contributed by atoms with Gasteiger partial charge in [-0.15, -0.1) is 0 Å². The van der Waals surface area contributed by atoms with Gasteiger partial charge in [0.05, 0.1) is 11.5 Å². The average molecular weight is 298 g/mol. The number of hydrogen-bond donors (Lipinski definition) is 2. The van der Waals surface area contributed by atoms with Gasteiger partial charge in [-0.25, -0.2) is 13.1 Å². The van der Waals surface area contributed by atoms with Gasteiger partial charge in [-0.3, -0.25) is 0 Å². The molecular formula is C14H22N2O3S. The summed E-state index contributed by atoms with van der Waals surface area (Å²) in [7, 11) is -1.48. The van der Waals surface area contributed by atoms with Crippen molar-refractivity contribution in [2.75, 3.05) is 20.1 Å². The average Bonchev–Trinajstić information content (AvgIpc) is 3.23. The summed E-state index contributed by atoms with van der Waals surface area (Å²) in [6, 6.07) is 5.44. The van der Waals surface area contributed by atoms with Gasteiger partial charge in [-0.2, -0.15) is 0 Å². The minimum atomic E-state index is -3.50. The van der Waals surface area contributed by atoms with E-state index >= 15 is 0 Å². The topological polar surface area (TPSA) is 69.6 Å². The van der Waals surface area contributed by atoms with Crippen molar-refractivity contribution < 1.29 is 13.5 Å². The summed E-state index contributed by atoms with van der Waals surface area (Å²) < 4.78 is 26.9. The smallest absolute Gasteiger partial charge is 0.240 e. The highest BCUT2D eigenvalue weighted by molar-refractivity contribution is 7.89. The third-order valence-electron chi connectivity index (χ3n) is 3.73. The number of likely N-dealkylation sites (N-methyl/N-ethyl adjacent to an activating group) is 1. The predicted octanol–water partition coefficient (Wildman–Crippen LogP) is 0.860. The van der Waals surface area contributed by atoms with Crippen molar-refractivity contribution >= 4 is 10.0 Å². The van der Waals surface area contributed by atoms with Crippen LogP contribution in [0.3, 0.4) is 0 Å². The molecule has 0 aromatic heterocycles. The van der Waals surface area contributed by atoms with E-state index in [1.54, 1.807) is 12.1 Å². The van der Waals surface area contributed by atoms with E-state index in [1.807, 2.05) is 14.0 Å². The molecule has 1 aliphatic carbocycles. The molecule has 0 aliphatic heterocycles. The van der Waals surface area contributed by atoms with Gasteiger partial charge in [0, 0.05) is 19.1 Å². The molecule has 0 unspecified atom stereocenters. The number of nitrogens with one attached hydrogen (secondary N) is 1. The number of rotatable bonds is 7. The third kappa shape index (κ3) is 3.79. The van der Waals surface area contributed by atoms with Crippen LogP contribution in [0.15, 0.2) is 23.1 Å². The Morgan fingerprint density at radius 2 is 2.10 bits per heavy atom. The molecule has 0 spiro atoms. The molecule has 5 nitrogen and oxygen atoms in total. The Labute approximate surface area is 120 Å². The van der Waals surface area contributed by atoms with Crippen molar-refractivity contribution in [1.29, 1.82) is 0 Å². The molecule has 0 amide bonds. The molecule has 112 valence electrons. The summed E-state index contributed by atoms with van der Waals surface area (Å²) in [5.74, 6) is 0. The lowest BCUT2D eigenvalue weighted by Gasteiger charge is -2.16. The maximum atomic E-state index is 12.2. The van der Waals surface area contributed by atoms with E-state index in [0.717, 1.165) is 5.56 Å². The molecule has 0 bridgehead atoms. The van der Waals surface area contributed by atoms with Crippen LogP contribution in [0.4, 0.5) is 0 Å². The van der Waals surface area contributed by atoms with E-state index < -0.39 is 10.0 Å². The molecule has 0 radical (unpaired) electrons. The fourth-order valence-electron chi connectivity index (χ4n) is 2.12. The molecule has 1 aliphatic rings. The molecule has 20 heavy (non-hydrogen) atoms. The summed E-state index contributed by atoms with van der Waals surface area (Å²) in [5.41, 5.74) is 1.53. The van der Waals surface area contributed by atoms with Crippen molar-refractivity contribution in [1.82, 2.24) is 9.62 Å². The van der Waals surface area contributed by atoms with Crippen LogP contribution in [0.2, 0.25) is 0 Å². The molecule has 0 heterocycles. The fourth-order valence-corrected chi connectivity index (χ4v) is 3.19. The van der Waals surface area contributed by atoms with Crippen LogP contribution >= 0.6 is 0 Å². The van der Waals surface area contributed by atoms with Crippen molar-refractivity contribution in [3.05, 3.63) is 29.3 Å². The first-order valence-corrected chi connectivity index (χ1v) is 8.32. The van der Waals surface area contributed by atoms with E-state index in [9.17, 15) is 13.5 Å². The zero-order valence-electron chi connectivity index (χ0n) is 12.0. The zero-order valence-corrected chi connectivity index (χ0v) is 12.8. The first-order valence-electron chi connectivity index (χ1n) is 6.84. The molecule has 1 saturated carbocycles. The van der Waals surface area contributed by atoms with Crippen LogP contribution in [-0.4, -0.2) is 44.6 Å². The van der Waals surface area contributed by atoms with Gasteiger partial charge >= 0.3 is 0 Å². The van der Waals surface area contributed by atoms with Gasteiger partial charge in [-0.05, 0) is 50.1 Å². The number of nitrogens with zero attached hydrogens (tertiary/aromatic N) is 1. The predicted molar refractivity (Wildman–Crippen MR) is 77.9 cm³/mol. The Morgan fingerprint density at radius 1 is 1.40 bits per heavy atom. The van der Waals surface area contributed by atoms with Crippen LogP contribution < -0.4 is 4.72 Å². The van der Waals surface area contributed by atoms with Gasteiger partial charge < -0.3 is 10.0 Å². The van der Waals surface area contributed by atoms with Gasteiger partial charge in [0.15, 0.2) is 0 Å². The van der Waals surface area contributed by atoms with Crippen LogP contribution in [-0.2, 0) is 16.6 Å². The third-order valence-corrected chi connectivity index (χ3v) is 5.19. The molecule has 2 rings (SSSR count). The summed E-state index contributed by atoms with van der Waals surface area (Å²) in [5, 5.41) is 9.20. The molecular weight excluding hydrogens is 276 g/mol. The second-order valence-electron chi connectivity index (χ2n) is 5.36. The van der Waals surface area contributed by atoms with E-state index in [2.05, 4.69) is 9.62 Å². The quantitative estimate of drug-likeness (QED) is 0.783.